The molecule has 3 rings (SSSR count). The molecule has 1 aliphatic heterocycles. The molecule has 2 aromatic rings. The van der Waals surface area contributed by atoms with E-state index in [1.165, 1.54) is 0 Å². The van der Waals surface area contributed by atoms with Gasteiger partial charge in [-0.05, 0) is 30.2 Å². The SMILES string of the molecule is CCOC(=O)c1ccc(C2=C(c3ccccc3C=O)C(=O)OC2)cc1. The summed E-state index contributed by atoms with van der Waals surface area (Å²) in [4.78, 5) is 35.3. The van der Waals surface area contributed by atoms with Crippen molar-refractivity contribution in [2.24, 2.45) is 0 Å². The molecule has 0 aromatic heterocycles. The van der Waals surface area contributed by atoms with Crippen LogP contribution in [0.5, 0.6) is 0 Å². The van der Waals surface area contributed by atoms with Crippen LogP contribution in [0.2, 0.25) is 0 Å². The van der Waals surface area contributed by atoms with Gasteiger partial charge >= 0.3 is 11.9 Å². The first-order valence-corrected chi connectivity index (χ1v) is 7.88. The van der Waals surface area contributed by atoms with Crippen molar-refractivity contribution in [3.05, 3.63) is 70.8 Å². The maximum absolute atomic E-state index is 12.2. The molecule has 0 fully saturated rings. The second-order valence-corrected chi connectivity index (χ2v) is 5.43. The molecular weight excluding hydrogens is 320 g/mol. The van der Waals surface area contributed by atoms with E-state index in [9.17, 15) is 14.4 Å². The highest BCUT2D eigenvalue weighted by Crippen LogP contribution is 2.34. The van der Waals surface area contributed by atoms with Gasteiger partial charge in [-0.2, -0.15) is 0 Å². The standard InChI is InChI=1S/C20H16O5/c1-2-24-19(22)14-9-7-13(8-10-14)17-12-25-20(23)18(17)16-6-4-3-5-15(16)11-21/h3-11H,2,12H2,1H3. The van der Waals surface area contributed by atoms with Crippen LogP contribution in [0.15, 0.2) is 48.5 Å². The minimum absolute atomic E-state index is 0.125. The highest BCUT2D eigenvalue weighted by molar-refractivity contribution is 6.28. The van der Waals surface area contributed by atoms with Crippen LogP contribution in [-0.2, 0) is 14.3 Å². The summed E-state index contributed by atoms with van der Waals surface area (Å²) in [6.07, 6.45) is 0.718. The zero-order valence-electron chi connectivity index (χ0n) is 13.7. The Morgan fingerprint density at radius 3 is 2.56 bits per heavy atom. The smallest absolute Gasteiger partial charge is 0.339 e. The zero-order chi connectivity index (χ0) is 17.8. The summed E-state index contributed by atoms with van der Waals surface area (Å²) in [6.45, 7) is 2.18. The molecule has 0 bridgehead atoms. The van der Waals surface area contributed by atoms with Crippen LogP contribution in [0.1, 0.15) is 38.8 Å². The molecule has 0 atom stereocenters. The number of carbonyl (C=O) groups is 3. The highest BCUT2D eigenvalue weighted by Gasteiger charge is 2.28. The topological polar surface area (TPSA) is 69.7 Å². The number of ether oxygens (including phenoxy) is 2. The van der Waals surface area contributed by atoms with Gasteiger partial charge in [0.05, 0.1) is 17.7 Å². The highest BCUT2D eigenvalue weighted by atomic mass is 16.5. The van der Waals surface area contributed by atoms with E-state index in [0.29, 0.717) is 34.4 Å². The fraction of sp³-hybridized carbons (Fsp3) is 0.150. The molecule has 0 N–H and O–H groups in total. The van der Waals surface area contributed by atoms with Crippen LogP contribution in [0.25, 0.3) is 11.1 Å². The third-order valence-electron chi connectivity index (χ3n) is 3.96. The molecule has 2 aromatic carbocycles. The minimum atomic E-state index is -0.459. The van der Waals surface area contributed by atoms with E-state index in [1.54, 1.807) is 55.5 Å². The first-order chi connectivity index (χ1) is 12.2. The van der Waals surface area contributed by atoms with Crippen LogP contribution in [-0.4, -0.2) is 31.4 Å². The van der Waals surface area contributed by atoms with Gasteiger partial charge in [-0.15, -0.1) is 0 Å². The summed E-state index contributed by atoms with van der Waals surface area (Å²) < 4.78 is 10.1. The summed E-state index contributed by atoms with van der Waals surface area (Å²) in [5.41, 5.74) is 3.24. The maximum Gasteiger partial charge on any atom is 0.339 e. The fourth-order valence-electron chi connectivity index (χ4n) is 2.75. The molecule has 0 amide bonds. The van der Waals surface area contributed by atoms with Crippen LogP contribution < -0.4 is 0 Å². The average molecular weight is 336 g/mol. The normalized spacial score (nSPS) is 13.6. The molecule has 25 heavy (non-hydrogen) atoms. The largest absolute Gasteiger partial charge is 0.462 e. The van der Waals surface area contributed by atoms with Crippen molar-refractivity contribution in [2.45, 2.75) is 6.92 Å². The summed E-state index contributed by atoms with van der Waals surface area (Å²) in [5.74, 6) is -0.855. The summed E-state index contributed by atoms with van der Waals surface area (Å²) >= 11 is 0. The van der Waals surface area contributed by atoms with Gasteiger partial charge in [0, 0.05) is 11.1 Å². The van der Waals surface area contributed by atoms with Crippen molar-refractivity contribution >= 4 is 29.4 Å². The molecule has 0 aliphatic carbocycles. The van der Waals surface area contributed by atoms with E-state index in [-0.39, 0.29) is 6.61 Å². The predicted octanol–water partition coefficient (Wildman–Crippen LogP) is 3.14. The quantitative estimate of drug-likeness (QED) is 0.620. The lowest BCUT2D eigenvalue weighted by atomic mass is 9.93. The Bertz CT molecular complexity index is 862. The number of rotatable bonds is 5. The number of aldehydes is 1. The second-order valence-electron chi connectivity index (χ2n) is 5.43. The van der Waals surface area contributed by atoms with Crippen molar-refractivity contribution in [1.29, 1.82) is 0 Å². The molecule has 0 saturated carbocycles. The Hall–Kier alpha value is -3.21. The zero-order valence-corrected chi connectivity index (χ0v) is 13.7. The number of cyclic esters (lactones) is 1. The molecule has 5 heteroatoms. The first-order valence-electron chi connectivity index (χ1n) is 7.88. The van der Waals surface area contributed by atoms with Gasteiger partial charge in [-0.25, -0.2) is 9.59 Å². The number of esters is 2. The van der Waals surface area contributed by atoms with Gasteiger partial charge in [0.2, 0.25) is 0 Å². The molecule has 0 radical (unpaired) electrons. The number of hydrogen-bond acceptors (Lipinski definition) is 5. The predicted molar refractivity (Wildman–Crippen MR) is 92.0 cm³/mol. The van der Waals surface area contributed by atoms with Crippen molar-refractivity contribution in [3.63, 3.8) is 0 Å². The number of hydrogen-bond donors (Lipinski definition) is 0. The molecular formula is C20H16O5. The van der Waals surface area contributed by atoms with Crippen LogP contribution in [0.3, 0.4) is 0 Å². The molecule has 126 valence electrons. The van der Waals surface area contributed by atoms with Crippen LogP contribution in [0, 0.1) is 0 Å². The second kappa shape index (κ2) is 7.13. The van der Waals surface area contributed by atoms with Crippen LogP contribution >= 0.6 is 0 Å². The molecule has 5 nitrogen and oxygen atoms in total. The van der Waals surface area contributed by atoms with Gasteiger partial charge in [-0.1, -0.05) is 36.4 Å². The third kappa shape index (κ3) is 3.21. The monoisotopic (exact) mass is 336 g/mol. The van der Waals surface area contributed by atoms with Gasteiger partial charge in [0.1, 0.15) is 6.61 Å². The lowest BCUT2D eigenvalue weighted by molar-refractivity contribution is -0.133. The van der Waals surface area contributed by atoms with Gasteiger partial charge in [0.15, 0.2) is 6.29 Å². The number of carbonyl (C=O) groups excluding carboxylic acids is 3. The van der Waals surface area contributed by atoms with Gasteiger partial charge in [-0.3, -0.25) is 4.79 Å². The number of benzene rings is 2. The third-order valence-corrected chi connectivity index (χ3v) is 3.96. The lowest BCUT2D eigenvalue weighted by Crippen LogP contribution is -2.04. The average Bonchev–Trinajstić information content (AvgIpc) is 3.03. The Morgan fingerprint density at radius 1 is 1.16 bits per heavy atom. The lowest BCUT2D eigenvalue weighted by Gasteiger charge is -2.08. The summed E-state index contributed by atoms with van der Waals surface area (Å²) in [7, 11) is 0. The van der Waals surface area contributed by atoms with E-state index in [2.05, 4.69) is 0 Å². The van der Waals surface area contributed by atoms with Gasteiger partial charge in [0.25, 0.3) is 0 Å². The van der Waals surface area contributed by atoms with Gasteiger partial charge < -0.3 is 9.47 Å². The minimum Gasteiger partial charge on any atom is -0.462 e. The molecule has 0 unspecified atom stereocenters. The van der Waals surface area contributed by atoms with Crippen molar-refractivity contribution in [1.82, 2.24) is 0 Å². The Labute approximate surface area is 144 Å². The molecule has 0 spiro atoms. The molecule has 1 heterocycles. The molecule has 1 aliphatic rings. The Morgan fingerprint density at radius 2 is 1.88 bits per heavy atom. The van der Waals surface area contributed by atoms with Crippen LogP contribution in [0.4, 0.5) is 0 Å². The summed E-state index contributed by atoms with van der Waals surface area (Å²) in [5, 5.41) is 0. The Balaban J connectivity index is 2.04. The van der Waals surface area contributed by atoms with Crippen molar-refractivity contribution in [2.75, 3.05) is 13.2 Å². The Kier molecular flexibility index (Phi) is 4.75. The van der Waals surface area contributed by atoms with E-state index in [4.69, 9.17) is 9.47 Å². The van der Waals surface area contributed by atoms with E-state index in [1.807, 2.05) is 0 Å². The van der Waals surface area contributed by atoms with E-state index < -0.39 is 11.9 Å². The van der Waals surface area contributed by atoms with E-state index >= 15 is 0 Å². The maximum atomic E-state index is 12.2. The van der Waals surface area contributed by atoms with E-state index in [0.717, 1.165) is 11.8 Å². The molecule has 0 saturated heterocycles. The van der Waals surface area contributed by atoms with Crippen molar-refractivity contribution in [3.8, 4) is 0 Å². The van der Waals surface area contributed by atoms with Crippen molar-refractivity contribution < 1.29 is 23.9 Å². The first kappa shape index (κ1) is 16.6. The summed E-state index contributed by atoms with van der Waals surface area (Å²) in [6, 6.07) is 13.7. The fourth-order valence-corrected chi connectivity index (χ4v) is 2.75.